The number of nitrogens with one attached hydrogen (secondary N) is 1. The Labute approximate surface area is 243 Å². The molecule has 4 rings (SSSR count). The van der Waals surface area contributed by atoms with Crippen LogP contribution in [0.15, 0.2) is 76.4 Å². The Bertz CT molecular complexity index is 1440. The standard InChI is InChI=1S/C30H41N3O7Si/c1-21-19-33(26(35)31-25(21)34)30(41)29(23-15-11-8-12-16-23,37-17-18-39-32(5)6)28(36,22-13-9-7-10-14-22)24(40-30)20-38-27(2,3)4/h7-16,19,24,36H,17-18,20H2,1-6,41H3,(H,31,34,35)/t24-,28-,29-,30+/m1/s1. The molecule has 3 aromatic rings. The smallest absolute Gasteiger partial charge is 0.330 e. The molecule has 10 nitrogen and oxygen atoms in total. The number of hydrogen-bond donors (Lipinski definition) is 2. The van der Waals surface area contributed by atoms with Gasteiger partial charge in [-0.1, -0.05) is 60.7 Å². The fourth-order valence-corrected chi connectivity index (χ4v) is 7.03. The zero-order valence-corrected chi connectivity index (χ0v) is 26.8. The highest BCUT2D eigenvalue weighted by atomic mass is 28.1. The van der Waals surface area contributed by atoms with Crippen LogP contribution in [0.3, 0.4) is 0 Å². The van der Waals surface area contributed by atoms with Crippen LogP contribution in [0, 0.1) is 6.92 Å². The number of ether oxygens (including phenoxy) is 3. The molecular formula is C30H41N3O7Si. The first kappa shape index (κ1) is 31.0. The first-order chi connectivity index (χ1) is 19.3. The molecule has 0 bridgehead atoms. The van der Waals surface area contributed by atoms with Crippen molar-refractivity contribution in [3.05, 3.63) is 104 Å². The SMILES string of the molecule is Cc1cn([C@]2([SiH3])O[C@H](COC(C)(C)C)[C@](O)(c3ccccc3)[C@]2(OCCON(C)C)c2ccccc2)c(=O)[nH]c1=O. The van der Waals surface area contributed by atoms with Crippen molar-refractivity contribution in [1.82, 2.24) is 14.6 Å². The summed E-state index contributed by atoms with van der Waals surface area (Å²) in [6.07, 6.45) is 0.500. The molecule has 41 heavy (non-hydrogen) atoms. The minimum atomic E-state index is -1.86. The van der Waals surface area contributed by atoms with Gasteiger partial charge in [0.25, 0.3) is 5.56 Å². The second-order valence-corrected chi connectivity index (χ2v) is 13.0. The van der Waals surface area contributed by atoms with Gasteiger partial charge in [0.1, 0.15) is 6.10 Å². The molecule has 1 saturated heterocycles. The molecule has 2 N–H and O–H groups in total. The van der Waals surface area contributed by atoms with Gasteiger partial charge in [0.2, 0.25) is 0 Å². The van der Waals surface area contributed by atoms with Gasteiger partial charge >= 0.3 is 5.69 Å². The van der Waals surface area contributed by atoms with E-state index in [9.17, 15) is 14.7 Å². The highest BCUT2D eigenvalue weighted by molar-refractivity contribution is 6.14. The Morgan fingerprint density at radius 3 is 2.17 bits per heavy atom. The monoisotopic (exact) mass is 583 g/mol. The molecule has 2 heterocycles. The predicted octanol–water partition coefficient (Wildman–Crippen LogP) is 1.33. The van der Waals surface area contributed by atoms with Gasteiger partial charge in [-0.05, 0) is 38.8 Å². The van der Waals surface area contributed by atoms with E-state index in [2.05, 4.69) is 4.98 Å². The van der Waals surface area contributed by atoms with Crippen LogP contribution in [-0.4, -0.2) is 75.6 Å². The minimum Gasteiger partial charge on any atom is -0.379 e. The van der Waals surface area contributed by atoms with Gasteiger partial charge in [-0.2, -0.15) is 5.06 Å². The van der Waals surface area contributed by atoms with Crippen molar-refractivity contribution in [1.29, 1.82) is 0 Å². The number of hydroxylamine groups is 2. The number of rotatable bonds is 10. The second kappa shape index (κ2) is 11.8. The van der Waals surface area contributed by atoms with Crippen LogP contribution < -0.4 is 11.2 Å². The highest BCUT2D eigenvalue weighted by Gasteiger charge is 2.75. The van der Waals surface area contributed by atoms with Gasteiger partial charge in [0.15, 0.2) is 16.6 Å². The van der Waals surface area contributed by atoms with Crippen molar-refractivity contribution in [3.8, 4) is 0 Å². The van der Waals surface area contributed by atoms with Crippen LogP contribution in [0.25, 0.3) is 0 Å². The average Bonchev–Trinajstić information content (AvgIpc) is 3.12. The molecule has 1 aromatic heterocycles. The van der Waals surface area contributed by atoms with E-state index < -0.39 is 39.5 Å². The molecule has 0 radical (unpaired) electrons. The Kier molecular flexibility index (Phi) is 8.91. The molecule has 0 unspecified atom stereocenters. The van der Waals surface area contributed by atoms with Crippen molar-refractivity contribution >= 4 is 10.2 Å². The van der Waals surface area contributed by atoms with Gasteiger partial charge in [-0.3, -0.25) is 19.2 Å². The Morgan fingerprint density at radius 2 is 1.61 bits per heavy atom. The fourth-order valence-electron chi connectivity index (χ4n) is 5.60. The van der Waals surface area contributed by atoms with Crippen LogP contribution in [-0.2, 0) is 35.6 Å². The topological polar surface area (TPSA) is 115 Å². The fraction of sp³-hybridized carbons (Fsp3) is 0.467. The molecule has 1 aliphatic rings. The molecule has 2 aromatic carbocycles. The first-order valence-corrected chi connectivity index (χ1v) is 14.7. The van der Waals surface area contributed by atoms with Crippen molar-refractivity contribution < 1.29 is 24.2 Å². The number of aliphatic hydroxyl groups is 1. The zero-order chi connectivity index (χ0) is 30.1. The summed E-state index contributed by atoms with van der Waals surface area (Å²) < 4.78 is 21.3. The molecule has 0 spiro atoms. The Morgan fingerprint density at radius 1 is 1.02 bits per heavy atom. The van der Waals surface area contributed by atoms with E-state index in [1.165, 1.54) is 10.8 Å². The number of nitrogens with zero attached hydrogens (tertiary/aromatic N) is 2. The lowest BCUT2D eigenvalue weighted by Gasteiger charge is -2.49. The summed E-state index contributed by atoms with van der Waals surface area (Å²) >= 11 is 0. The van der Waals surface area contributed by atoms with Gasteiger partial charge in [-0.25, -0.2) is 4.79 Å². The van der Waals surface area contributed by atoms with E-state index in [-0.39, 0.29) is 30.1 Å². The van der Waals surface area contributed by atoms with E-state index in [4.69, 9.17) is 19.0 Å². The molecule has 0 amide bonds. The third-order valence-electron chi connectivity index (χ3n) is 7.42. The molecule has 1 aliphatic heterocycles. The molecule has 1 fully saturated rings. The third-order valence-corrected chi connectivity index (χ3v) is 8.84. The molecule has 4 atom stereocenters. The number of aromatic amines is 1. The quantitative estimate of drug-likeness (QED) is 0.209. The highest BCUT2D eigenvalue weighted by Crippen LogP contribution is 2.60. The van der Waals surface area contributed by atoms with Gasteiger partial charge in [0, 0.05) is 25.9 Å². The van der Waals surface area contributed by atoms with E-state index in [1.807, 2.05) is 81.4 Å². The van der Waals surface area contributed by atoms with Crippen LogP contribution in [0.4, 0.5) is 0 Å². The largest absolute Gasteiger partial charge is 0.379 e. The van der Waals surface area contributed by atoms with Crippen LogP contribution in [0.2, 0.25) is 0 Å². The number of aryl methyl sites for hydroxylation is 1. The number of H-pyrrole nitrogens is 1. The second-order valence-electron chi connectivity index (χ2n) is 11.6. The molecule has 0 saturated carbocycles. The Balaban J connectivity index is 2.08. The van der Waals surface area contributed by atoms with Gasteiger partial charge in [-0.15, -0.1) is 0 Å². The summed E-state index contributed by atoms with van der Waals surface area (Å²) in [5.41, 5.74) is -3.79. The van der Waals surface area contributed by atoms with Crippen molar-refractivity contribution in [3.63, 3.8) is 0 Å². The van der Waals surface area contributed by atoms with Crippen molar-refractivity contribution in [2.75, 3.05) is 33.9 Å². The van der Waals surface area contributed by atoms with Gasteiger partial charge in [0.05, 0.1) is 35.7 Å². The average molecular weight is 584 g/mol. The van der Waals surface area contributed by atoms with E-state index in [1.54, 1.807) is 26.1 Å². The maximum Gasteiger partial charge on any atom is 0.330 e. The number of benzene rings is 2. The summed E-state index contributed by atoms with van der Waals surface area (Å²) in [5, 5.41) is 13.3. The summed E-state index contributed by atoms with van der Waals surface area (Å²) in [6.45, 7) is 7.62. The van der Waals surface area contributed by atoms with E-state index in [0.717, 1.165) is 0 Å². The molecule has 0 aliphatic carbocycles. The summed E-state index contributed by atoms with van der Waals surface area (Å²) in [6, 6.07) is 18.5. The lowest BCUT2D eigenvalue weighted by Crippen LogP contribution is -2.64. The third kappa shape index (κ3) is 5.63. The lowest BCUT2D eigenvalue weighted by molar-refractivity contribution is -0.235. The zero-order valence-electron chi connectivity index (χ0n) is 24.8. The normalized spacial score (nSPS) is 26.6. The van der Waals surface area contributed by atoms with Crippen LogP contribution in [0.1, 0.15) is 37.5 Å². The summed E-state index contributed by atoms with van der Waals surface area (Å²) in [7, 11) is 3.69. The first-order valence-electron chi connectivity index (χ1n) is 13.7. The Hall–Kier alpha value is -2.90. The lowest BCUT2D eigenvalue weighted by atomic mass is 9.70. The van der Waals surface area contributed by atoms with Gasteiger partial charge < -0.3 is 19.3 Å². The maximum absolute atomic E-state index is 13.5. The summed E-state index contributed by atoms with van der Waals surface area (Å²) in [4.78, 5) is 34.0. The van der Waals surface area contributed by atoms with Crippen molar-refractivity contribution in [2.24, 2.45) is 0 Å². The van der Waals surface area contributed by atoms with Crippen LogP contribution in [0.5, 0.6) is 0 Å². The predicted molar refractivity (Wildman–Crippen MR) is 159 cm³/mol. The molecular weight excluding hydrogens is 542 g/mol. The summed E-state index contributed by atoms with van der Waals surface area (Å²) in [5.74, 6) is 0. The van der Waals surface area contributed by atoms with Crippen LogP contribution >= 0.6 is 0 Å². The van der Waals surface area contributed by atoms with E-state index >= 15 is 0 Å². The number of aromatic nitrogens is 2. The molecule has 11 heteroatoms. The number of hydrogen-bond acceptors (Lipinski definition) is 8. The maximum atomic E-state index is 13.5. The molecule has 222 valence electrons. The minimum absolute atomic E-state index is 0.00209. The van der Waals surface area contributed by atoms with Crippen molar-refractivity contribution in [2.45, 2.75) is 56.0 Å². The van der Waals surface area contributed by atoms with E-state index in [0.29, 0.717) is 16.7 Å².